The van der Waals surface area contributed by atoms with Crippen LogP contribution in [-0.2, 0) is 9.84 Å². The Labute approximate surface area is 118 Å². The molecule has 7 heteroatoms. The quantitative estimate of drug-likeness (QED) is 0.675. The maximum atomic E-state index is 12.5. The Bertz CT molecular complexity index is 514. The summed E-state index contributed by atoms with van der Waals surface area (Å²) in [6.45, 7) is 3.57. The highest BCUT2D eigenvalue weighted by molar-refractivity contribution is 7.92. The van der Waals surface area contributed by atoms with Crippen LogP contribution in [0.4, 0.5) is 0 Å². The molecule has 0 radical (unpaired) electrons. The van der Waals surface area contributed by atoms with E-state index >= 15 is 0 Å². The van der Waals surface area contributed by atoms with Gasteiger partial charge in [-0.2, -0.15) is 0 Å². The van der Waals surface area contributed by atoms with Crippen molar-refractivity contribution in [3.63, 3.8) is 0 Å². The molecule has 1 unspecified atom stereocenters. The number of hydrogen-bond acceptors (Lipinski definition) is 5. The third-order valence-corrected chi connectivity index (χ3v) is 5.71. The fraction of sp³-hybridized carbons (Fsp3) is 0.500. The van der Waals surface area contributed by atoms with Crippen LogP contribution in [0.2, 0.25) is 5.02 Å². The smallest absolute Gasteiger partial charge is 0.187 e. The number of sulfone groups is 1. The highest BCUT2D eigenvalue weighted by Crippen LogP contribution is 2.28. The van der Waals surface area contributed by atoms with E-state index < -0.39 is 20.8 Å². The van der Waals surface area contributed by atoms with E-state index in [0.717, 1.165) is 0 Å². The molecule has 0 aliphatic heterocycles. The summed E-state index contributed by atoms with van der Waals surface area (Å²) >= 11 is 5.74. The molecule has 0 amide bonds. The van der Waals surface area contributed by atoms with E-state index in [2.05, 4.69) is 5.32 Å². The number of nitrogens with two attached hydrogens (primary N) is 1. The summed E-state index contributed by atoms with van der Waals surface area (Å²) in [6, 6.07) is 5.86. The highest BCUT2D eigenvalue weighted by atomic mass is 35.5. The fourth-order valence-electron chi connectivity index (χ4n) is 1.53. The minimum atomic E-state index is -3.70. The van der Waals surface area contributed by atoms with Crippen molar-refractivity contribution in [2.45, 2.75) is 29.7 Å². The van der Waals surface area contributed by atoms with Gasteiger partial charge in [-0.25, -0.2) is 8.42 Å². The van der Waals surface area contributed by atoms with Crippen molar-refractivity contribution in [2.24, 2.45) is 5.73 Å². The summed E-state index contributed by atoms with van der Waals surface area (Å²) in [5.41, 5.74) is 5.32. The molecule has 0 fully saturated rings. The molecule has 0 spiro atoms. The second kappa shape index (κ2) is 6.19. The molecule has 0 saturated heterocycles. The van der Waals surface area contributed by atoms with E-state index in [1.165, 1.54) is 38.1 Å². The normalized spacial score (nSPS) is 14.4. The summed E-state index contributed by atoms with van der Waals surface area (Å²) in [7, 11) is -3.70. The Kier molecular flexibility index (Phi) is 5.34. The number of aliphatic hydroxyl groups is 1. The molecule has 19 heavy (non-hydrogen) atoms. The molecule has 1 aromatic rings. The summed E-state index contributed by atoms with van der Waals surface area (Å²) in [5, 5.41) is 13.1. The van der Waals surface area contributed by atoms with Gasteiger partial charge in [0.05, 0.1) is 4.90 Å². The molecule has 1 rings (SSSR count). The van der Waals surface area contributed by atoms with E-state index in [-0.39, 0.29) is 4.90 Å². The second-order valence-electron chi connectivity index (χ2n) is 4.71. The first-order valence-corrected chi connectivity index (χ1v) is 7.71. The first kappa shape index (κ1) is 16.4. The summed E-state index contributed by atoms with van der Waals surface area (Å²) in [6.07, 6.45) is -1.21. The number of nitrogens with one attached hydrogen (secondary N) is 1. The lowest BCUT2D eigenvalue weighted by Gasteiger charge is -2.30. The van der Waals surface area contributed by atoms with Crippen molar-refractivity contribution in [2.75, 3.05) is 13.1 Å². The van der Waals surface area contributed by atoms with Gasteiger partial charge in [-0.1, -0.05) is 11.6 Å². The van der Waals surface area contributed by atoms with Gasteiger partial charge in [-0.15, -0.1) is 0 Å². The Balaban J connectivity index is 3.07. The van der Waals surface area contributed by atoms with E-state index in [4.69, 9.17) is 17.3 Å². The third kappa shape index (κ3) is 3.46. The van der Waals surface area contributed by atoms with E-state index in [1.807, 2.05) is 0 Å². The molecular weight excluding hydrogens is 288 g/mol. The van der Waals surface area contributed by atoms with Crippen molar-refractivity contribution in [3.05, 3.63) is 29.3 Å². The van der Waals surface area contributed by atoms with Crippen LogP contribution in [0, 0.1) is 0 Å². The van der Waals surface area contributed by atoms with Crippen LogP contribution in [0.25, 0.3) is 0 Å². The zero-order chi connectivity index (χ0) is 14.7. The van der Waals surface area contributed by atoms with E-state index in [0.29, 0.717) is 18.1 Å². The standard InChI is InChI=1S/C12H19ClN2O3S/c1-12(2,11(16)15-8-7-14)19(17,18)10-5-3-9(13)4-6-10/h3-6,11,15-16H,7-8,14H2,1-2H3. The maximum Gasteiger partial charge on any atom is 0.187 e. The van der Waals surface area contributed by atoms with Crippen molar-refractivity contribution in [1.82, 2.24) is 5.32 Å². The van der Waals surface area contributed by atoms with Gasteiger partial charge in [0, 0.05) is 18.1 Å². The molecule has 0 bridgehead atoms. The summed E-state index contributed by atoms with van der Waals surface area (Å²) in [5.74, 6) is 0. The first-order valence-electron chi connectivity index (χ1n) is 5.85. The Hall–Kier alpha value is -0.660. The first-order chi connectivity index (χ1) is 8.73. The van der Waals surface area contributed by atoms with Crippen LogP contribution in [0.5, 0.6) is 0 Å². The van der Waals surface area contributed by atoms with E-state index in [9.17, 15) is 13.5 Å². The topological polar surface area (TPSA) is 92.4 Å². The minimum Gasteiger partial charge on any atom is -0.377 e. The van der Waals surface area contributed by atoms with Crippen molar-refractivity contribution in [1.29, 1.82) is 0 Å². The van der Waals surface area contributed by atoms with Crippen molar-refractivity contribution >= 4 is 21.4 Å². The minimum absolute atomic E-state index is 0.121. The SMILES string of the molecule is CC(C)(C(O)NCCN)S(=O)(=O)c1ccc(Cl)cc1. The fourth-order valence-corrected chi connectivity index (χ4v) is 3.14. The van der Waals surface area contributed by atoms with Gasteiger partial charge in [-0.05, 0) is 38.1 Å². The molecule has 4 N–H and O–H groups in total. The van der Waals surface area contributed by atoms with Crippen molar-refractivity contribution < 1.29 is 13.5 Å². The predicted octanol–water partition coefficient (Wildman–Crippen LogP) is 0.759. The van der Waals surface area contributed by atoms with Gasteiger partial charge >= 0.3 is 0 Å². The monoisotopic (exact) mass is 306 g/mol. The van der Waals surface area contributed by atoms with Crippen LogP contribution in [-0.4, -0.2) is 37.6 Å². The van der Waals surface area contributed by atoms with Crippen LogP contribution in [0.1, 0.15) is 13.8 Å². The van der Waals surface area contributed by atoms with Gasteiger partial charge in [0.2, 0.25) is 0 Å². The Morgan fingerprint density at radius 2 is 1.89 bits per heavy atom. The number of hydrogen-bond donors (Lipinski definition) is 3. The number of halogens is 1. The van der Waals surface area contributed by atoms with Crippen LogP contribution in [0.3, 0.4) is 0 Å². The highest BCUT2D eigenvalue weighted by Gasteiger charge is 2.42. The molecule has 0 heterocycles. The lowest BCUT2D eigenvalue weighted by Crippen LogP contribution is -2.52. The average molecular weight is 307 g/mol. The molecular formula is C12H19ClN2O3S. The molecule has 1 atom stereocenters. The lowest BCUT2D eigenvalue weighted by molar-refractivity contribution is 0.104. The number of rotatable bonds is 6. The summed E-state index contributed by atoms with van der Waals surface area (Å²) in [4.78, 5) is 0.121. The molecule has 0 aliphatic carbocycles. The van der Waals surface area contributed by atoms with Gasteiger partial charge in [0.25, 0.3) is 0 Å². The van der Waals surface area contributed by atoms with Gasteiger partial charge in [-0.3, -0.25) is 5.32 Å². The lowest BCUT2D eigenvalue weighted by atomic mass is 10.2. The summed E-state index contributed by atoms with van der Waals surface area (Å²) < 4.78 is 23.6. The number of benzene rings is 1. The van der Waals surface area contributed by atoms with Gasteiger partial charge < -0.3 is 10.8 Å². The number of aliphatic hydroxyl groups excluding tert-OH is 1. The van der Waals surface area contributed by atoms with Crippen LogP contribution < -0.4 is 11.1 Å². The third-order valence-electron chi connectivity index (χ3n) is 2.96. The zero-order valence-corrected chi connectivity index (χ0v) is 12.5. The van der Waals surface area contributed by atoms with Gasteiger partial charge in [0.1, 0.15) is 11.0 Å². The maximum absolute atomic E-state index is 12.5. The zero-order valence-electron chi connectivity index (χ0n) is 10.9. The second-order valence-corrected chi connectivity index (χ2v) is 7.67. The molecule has 0 saturated carbocycles. The molecule has 5 nitrogen and oxygen atoms in total. The van der Waals surface area contributed by atoms with E-state index in [1.54, 1.807) is 0 Å². The van der Waals surface area contributed by atoms with Crippen molar-refractivity contribution in [3.8, 4) is 0 Å². The molecule has 1 aromatic carbocycles. The van der Waals surface area contributed by atoms with Gasteiger partial charge in [0.15, 0.2) is 9.84 Å². The largest absolute Gasteiger partial charge is 0.377 e. The average Bonchev–Trinajstić information content (AvgIpc) is 2.36. The van der Waals surface area contributed by atoms with Crippen LogP contribution >= 0.6 is 11.6 Å². The van der Waals surface area contributed by atoms with Crippen LogP contribution in [0.15, 0.2) is 29.2 Å². The predicted molar refractivity (Wildman–Crippen MR) is 75.8 cm³/mol. The molecule has 108 valence electrons. The Morgan fingerprint density at radius 1 is 1.37 bits per heavy atom. The molecule has 0 aliphatic rings. The molecule has 0 aromatic heterocycles. The Morgan fingerprint density at radius 3 is 2.37 bits per heavy atom.